The lowest BCUT2D eigenvalue weighted by Gasteiger charge is -2.31. The third-order valence-electron chi connectivity index (χ3n) is 3.67. The maximum absolute atomic E-state index is 4.11. The molecule has 3 rings (SSSR count). The number of nitrogens with one attached hydrogen (secondary N) is 1. The molecule has 3 nitrogen and oxygen atoms in total. The first-order valence-corrected chi connectivity index (χ1v) is 5.68. The van der Waals surface area contributed by atoms with Crippen LogP contribution in [0.25, 0.3) is 0 Å². The highest BCUT2D eigenvalue weighted by Crippen LogP contribution is 2.27. The molecule has 1 aromatic heterocycles. The standard InChI is InChI=1S/C11H17N3/c1-2-4-10(3-1)14-6-5-11-9(8-14)7-12-13-11/h7,10H,1-6,8H2,(H,12,13). The fourth-order valence-corrected chi connectivity index (χ4v) is 2.82. The number of nitrogens with zero attached hydrogens (tertiary/aromatic N) is 2. The second kappa shape index (κ2) is 3.39. The highest BCUT2D eigenvalue weighted by Gasteiger charge is 2.26. The van der Waals surface area contributed by atoms with E-state index in [4.69, 9.17) is 0 Å². The van der Waals surface area contributed by atoms with Gasteiger partial charge in [0.15, 0.2) is 0 Å². The normalized spacial score (nSPS) is 24.0. The topological polar surface area (TPSA) is 31.9 Å². The number of aromatic amines is 1. The van der Waals surface area contributed by atoms with Crippen molar-refractivity contribution in [1.29, 1.82) is 0 Å². The van der Waals surface area contributed by atoms with Crippen LogP contribution in [0.5, 0.6) is 0 Å². The van der Waals surface area contributed by atoms with Gasteiger partial charge < -0.3 is 0 Å². The fraction of sp³-hybridized carbons (Fsp3) is 0.727. The first kappa shape index (κ1) is 8.48. The number of aromatic nitrogens is 2. The van der Waals surface area contributed by atoms with Crippen LogP contribution in [-0.2, 0) is 13.0 Å². The van der Waals surface area contributed by atoms with Gasteiger partial charge in [0.05, 0.1) is 6.20 Å². The zero-order valence-corrected chi connectivity index (χ0v) is 8.50. The minimum atomic E-state index is 0.859. The van der Waals surface area contributed by atoms with Gasteiger partial charge in [-0.3, -0.25) is 10.00 Å². The molecule has 1 aliphatic carbocycles. The van der Waals surface area contributed by atoms with Gasteiger partial charge in [-0.2, -0.15) is 5.10 Å². The van der Waals surface area contributed by atoms with E-state index in [-0.39, 0.29) is 0 Å². The molecular weight excluding hydrogens is 174 g/mol. The van der Waals surface area contributed by atoms with E-state index in [9.17, 15) is 0 Å². The predicted molar refractivity (Wildman–Crippen MR) is 55.0 cm³/mol. The Hall–Kier alpha value is -0.830. The molecule has 14 heavy (non-hydrogen) atoms. The maximum Gasteiger partial charge on any atom is 0.0535 e. The van der Waals surface area contributed by atoms with Gasteiger partial charge >= 0.3 is 0 Å². The quantitative estimate of drug-likeness (QED) is 0.733. The molecule has 0 bridgehead atoms. The minimum absolute atomic E-state index is 0.859. The summed E-state index contributed by atoms with van der Waals surface area (Å²) in [6.07, 6.45) is 8.83. The van der Waals surface area contributed by atoms with Gasteiger partial charge in [-0.15, -0.1) is 0 Å². The average Bonchev–Trinajstić information content (AvgIpc) is 2.88. The molecule has 1 fully saturated rings. The Kier molecular flexibility index (Phi) is 2.05. The highest BCUT2D eigenvalue weighted by atomic mass is 15.2. The Balaban J connectivity index is 1.74. The largest absolute Gasteiger partial charge is 0.296 e. The summed E-state index contributed by atoms with van der Waals surface area (Å²) in [5, 5.41) is 7.21. The van der Waals surface area contributed by atoms with Gasteiger partial charge in [-0.05, 0) is 12.8 Å². The Morgan fingerprint density at radius 2 is 2.21 bits per heavy atom. The number of fused-ring (bicyclic) bond motifs is 1. The summed E-state index contributed by atoms with van der Waals surface area (Å²) < 4.78 is 0. The first-order valence-electron chi connectivity index (χ1n) is 5.68. The molecule has 0 atom stereocenters. The molecule has 2 heterocycles. The lowest BCUT2D eigenvalue weighted by Crippen LogP contribution is -2.37. The van der Waals surface area contributed by atoms with E-state index in [1.54, 1.807) is 0 Å². The fourth-order valence-electron chi connectivity index (χ4n) is 2.82. The van der Waals surface area contributed by atoms with Crippen molar-refractivity contribution in [2.75, 3.05) is 6.54 Å². The van der Waals surface area contributed by atoms with E-state index in [1.165, 1.54) is 43.5 Å². The number of rotatable bonds is 1. The molecule has 0 spiro atoms. The predicted octanol–water partition coefficient (Wildman–Crippen LogP) is 1.71. The van der Waals surface area contributed by atoms with Crippen molar-refractivity contribution < 1.29 is 0 Å². The van der Waals surface area contributed by atoms with Crippen molar-refractivity contribution in [2.24, 2.45) is 0 Å². The van der Waals surface area contributed by atoms with E-state index in [0.29, 0.717) is 0 Å². The maximum atomic E-state index is 4.11. The van der Waals surface area contributed by atoms with E-state index in [1.807, 2.05) is 6.20 Å². The summed E-state index contributed by atoms with van der Waals surface area (Å²) in [6, 6.07) is 0.859. The molecule has 3 heteroatoms. The lowest BCUT2D eigenvalue weighted by molar-refractivity contribution is 0.180. The van der Waals surface area contributed by atoms with Crippen LogP contribution in [0.2, 0.25) is 0 Å². The Labute approximate surface area is 84.5 Å². The molecule has 1 saturated carbocycles. The van der Waals surface area contributed by atoms with Crippen LogP contribution in [0.3, 0.4) is 0 Å². The summed E-state index contributed by atoms with van der Waals surface area (Å²) in [6.45, 7) is 2.34. The van der Waals surface area contributed by atoms with Crippen LogP contribution < -0.4 is 0 Å². The van der Waals surface area contributed by atoms with Crippen molar-refractivity contribution >= 4 is 0 Å². The summed E-state index contributed by atoms with van der Waals surface area (Å²) in [5.74, 6) is 0. The van der Waals surface area contributed by atoms with E-state index in [0.717, 1.165) is 19.0 Å². The van der Waals surface area contributed by atoms with Gasteiger partial charge in [0.1, 0.15) is 0 Å². The minimum Gasteiger partial charge on any atom is -0.296 e. The van der Waals surface area contributed by atoms with Crippen LogP contribution in [-0.4, -0.2) is 27.7 Å². The van der Waals surface area contributed by atoms with Crippen LogP contribution in [0.4, 0.5) is 0 Å². The molecule has 1 aromatic rings. The van der Waals surface area contributed by atoms with Crippen LogP contribution >= 0.6 is 0 Å². The van der Waals surface area contributed by atoms with Crippen LogP contribution in [0.1, 0.15) is 36.9 Å². The third-order valence-corrected chi connectivity index (χ3v) is 3.67. The van der Waals surface area contributed by atoms with Gasteiger partial charge in [-0.25, -0.2) is 0 Å². The van der Waals surface area contributed by atoms with Crippen molar-refractivity contribution in [3.63, 3.8) is 0 Å². The van der Waals surface area contributed by atoms with Gasteiger partial charge in [-0.1, -0.05) is 12.8 Å². The lowest BCUT2D eigenvalue weighted by atomic mass is 10.1. The second-order valence-electron chi connectivity index (χ2n) is 4.53. The summed E-state index contributed by atoms with van der Waals surface area (Å²) >= 11 is 0. The van der Waals surface area contributed by atoms with Crippen molar-refractivity contribution in [3.05, 3.63) is 17.5 Å². The number of H-pyrrole nitrogens is 1. The average molecular weight is 191 g/mol. The molecule has 2 aliphatic rings. The Morgan fingerprint density at radius 1 is 1.36 bits per heavy atom. The Morgan fingerprint density at radius 3 is 3.07 bits per heavy atom. The second-order valence-corrected chi connectivity index (χ2v) is 4.53. The number of hydrogen-bond acceptors (Lipinski definition) is 2. The SMILES string of the molecule is c1n[nH]c2c1CN(C1CCCC1)CC2. The summed E-state index contributed by atoms with van der Waals surface area (Å²) in [5.41, 5.74) is 2.78. The molecule has 0 aromatic carbocycles. The molecule has 0 unspecified atom stereocenters. The molecule has 1 aliphatic heterocycles. The molecule has 0 radical (unpaired) electrons. The molecule has 0 amide bonds. The third kappa shape index (κ3) is 1.36. The van der Waals surface area contributed by atoms with Crippen LogP contribution in [0, 0.1) is 0 Å². The zero-order valence-electron chi connectivity index (χ0n) is 8.50. The smallest absolute Gasteiger partial charge is 0.0535 e. The molecule has 0 saturated heterocycles. The van der Waals surface area contributed by atoms with Gasteiger partial charge in [0, 0.05) is 36.8 Å². The Bertz CT molecular complexity index is 312. The van der Waals surface area contributed by atoms with Gasteiger partial charge in [0.25, 0.3) is 0 Å². The van der Waals surface area contributed by atoms with Crippen molar-refractivity contribution in [2.45, 2.75) is 44.7 Å². The molecule has 76 valence electrons. The molecular formula is C11H17N3. The summed E-state index contributed by atoms with van der Waals surface area (Å²) in [4.78, 5) is 2.64. The van der Waals surface area contributed by atoms with E-state index < -0.39 is 0 Å². The molecule has 1 N–H and O–H groups in total. The monoisotopic (exact) mass is 191 g/mol. The zero-order chi connectivity index (χ0) is 9.38. The van der Waals surface area contributed by atoms with Crippen molar-refractivity contribution in [1.82, 2.24) is 15.1 Å². The number of hydrogen-bond donors (Lipinski definition) is 1. The highest BCUT2D eigenvalue weighted by molar-refractivity contribution is 5.19. The van der Waals surface area contributed by atoms with Crippen molar-refractivity contribution in [3.8, 4) is 0 Å². The van der Waals surface area contributed by atoms with E-state index >= 15 is 0 Å². The van der Waals surface area contributed by atoms with Crippen LogP contribution in [0.15, 0.2) is 6.20 Å². The first-order chi connectivity index (χ1) is 6.93. The van der Waals surface area contributed by atoms with Gasteiger partial charge in [0.2, 0.25) is 0 Å². The van der Waals surface area contributed by atoms with E-state index in [2.05, 4.69) is 15.1 Å². The summed E-state index contributed by atoms with van der Waals surface area (Å²) in [7, 11) is 0.